The third kappa shape index (κ3) is 24.5. The number of amides is 1. The summed E-state index contributed by atoms with van der Waals surface area (Å²) < 4.78 is 0. The van der Waals surface area contributed by atoms with Gasteiger partial charge in [-0.05, 0) is 26.8 Å². The number of aliphatic hydroxyl groups excluding tert-OH is 1. The Morgan fingerprint density at radius 1 is 1.20 bits per heavy atom. The van der Waals surface area contributed by atoms with Crippen molar-refractivity contribution in [2.75, 3.05) is 6.73 Å². The highest BCUT2D eigenvalue weighted by Crippen LogP contribution is 1.83. The van der Waals surface area contributed by atoms with Crippen LogP contribution in [0.4, 0.5) is 0 Å². The smallest absolute Gasteiger partial charge is 0.245 e. The van der Waals surface area contributed by atoms with E-state index in [-0.39, 0.29) is 24.7 Å². The summed E-state index contributed by atoms with van der Waals surface area (Å²) in [6.07, 6.45) is 2.92. The van der Waals surface area contributed by atoms with Gasteiger partial charge in [0.05, 0.1) is 0 Å². The van der Waals surface area contributed by atoms with Crippen molar-refractivity contribution in [3.63, 3.8) is 0 Å². The Hall–Kier alpha value is -1.49. The van der Waals surface area contributed by atoms with Crippen molar-refractivity contribution in [2.45, 2.75) is 27.2 Å². The lowest BCUT2D eigenvalue weighted by Crippen LogP contribution is -2.21. The van der Waals surface area contributed by atoms with Gasteiger partial charge in [0, 0.05) is 6.42 Å². The van der Waals surface area contributed by atoms with Crippen LogP contribution in [0.5, 0.6) is 0 Å². The predicted molar refractivity (Wildman–Crippen MR) is 56.0 cm³/mol. The van der Waals surface area contributed by atoms with Gasteiger partial charge in [0.15, 0.2) is 0 Å². The third-order valence-corrected chi connectivity index (χ3v) is 0.928. The standard InChI is InChI=1S/C7H11NO3.C3H6O/c1-6(10)3-2-4-7(11)8-5-9;1-3(2)4/h2,4,9H,3,5H2,1H3,(H,8,11);1-2H3. The number of Topliss-reactive ketones (excluding diaryl/α,β-unsaturated/α-hetero) is 2. The molecule has 0 heterocycles. The van der Waals surface area contributed by atoms with Gasteiger partial charge in [-0.1, -0.05) is 6.08 Å². The summed E-state index contributed by atoms with van der Waals surface area (Å²) in [5.41, 5.74) is 0. The molecular formula is C10H17NO4. The zero-order chi connectivity index (χ0) is 12.3. The first kappa shape index (κ1) is 16.0. The van der Waals surface area contributed by atoms with E-state index >= 15 is 0 Å². The van der Waals surface area contributed by atoms with E-state index in [4.69, 9.17) is 5.11 Å². The topological polar surface area (TPSA) is 83.5 Å². The van der Waals surface area contributed by atoms with Crippen molar-refractivity contribution in [1.29, 1.82) is 0 Å². The molecule has 5 nitrogen and oxygen atoms in total. The fraction of sp³-hybridized carbons (Fsp3) is 0.500. The van der Waals surface area contributed by atoms with Crippen LogP contribution in [0.1, 0.15) is 27.2 Å². The molecule has 86 valence electrons. The van der Waals surface area contributed by atoms with E-state index in [0.717, 1.165) is 0 Å². The Balaban J connectivity index is 0. The van der Waals surface area contributed by atoms with E-state index in [9.17, 15) is 14.4 Å². The highest BCUT2D eigenvalue weighted by atomic mass is 16.3. The molecular weight excluding hydrogens is 198 g/mol. The molecule has 0 aliphatic rings. The average molecular weight is 215 g/mol. The highest BCUT2D eigenvalue weighted by Gasteiger charge is 1.91. The monoisotopic (exact) mass is 215 g/mol. The molecule has 0 aromatic carbocycles. The maximum absolute atomic E-state index is 10.6. The molecule has 0 bridgehead atoms. The number of carbonyl (C=O) groups is 3. The number of allylic oxidation sites excluding steroid dienone is 1. The minimum Gasteiger partial charge on any atom is -0.376 e. The van der Waals surface area contributed by atoms with Gasteiger partial charge in [-0.15, -0.1) is 0 Å². The van der Waals surface area contributed by atoms with Crippen molar-refractivity contribution in [2.24, 2.45) is 0 Å². The average Bonchev–Trinajstić information content (AvgIpc) is 2.02. The Labute approximate surface area is 89.2 Å². The van der Waals surface area contributed by atoms with Crippen LogP contribution in [0.15, 0.2) is 12.2 Å². The maximum atomic E-state index is 10.6. The lowest BCUT2D eigenvalue weighted by molar-refractivity contribution is -0.117. The molecule has 5 heteroatoms. The summed E-state index contributed by atoms with van der Waals surface area (Å²) in [6.45, 7) is 4.11. The van der Waals surface area contributed by atoms with Gasteiger partial charge in [0.25, 0.3) is 0 Å². The fourth-order valence-electron chi connectivity index (χ4n) is 0.469. The van der Waals surface area contributed by atoms with Gasteiger partial charge < -0.3 is 15.2 Å². The van der Waals surface area contributed by atoms with Crippen LogP contribution in [0.25, 0.3) is 0 Å². The van der Waals surface area contributed by atoms with Crippen LogP contribution in [0.3, 0.4) is 0 Å². The molecule has 0 radical (unpaired) electrons. The normalized spacial score (nSPS) is 9.07. The molecule has 0 saturated carbocycles. The molecule has 2 N–H and O–H groups in total. The van der Waals surface area contributed by atoms with E-state index in [0.29, 0.717) is 0 Å². The fourth-order valence-corrected chi connectivity index (χ4v) is 0.469. The van der Waals surface area contributed by atoms with Gasteiger partial charge in [-0.25, -0.2) is 0 Å². The Morgan fingerprint density at radius 2 is 1.67 bits per heavy atom. The number of aliphatic hydroxyl groups is 1. The van der Waals surface area contributed by atoms with Gasteiger partial charge in [-0.3, -0.25) is 9.59 Å². The van der Waals surface area contributed by atoms with Crippen molar-refractivity contribution in [1.82, 2.24) is 5.32 Å². The van der Waals surface area contributed by atoms with Gasteiger partial charge in [0.2, 0.25) is 5.91 Å². The molecule has 0 rings (SSSR count). The predicted octanol–water partition coefficient (Wildman–Crippen LogP) is 0.183. The molecule has 0 aliphatic heterocycles. The van der Waals surface area contributed by atoms with Crippen LogP contribution in [-0.2, 0) is 14.4 Å². The number of carbonyl (C=O) groups excluding carboxylic acids is 3. The van der Waals surface area contributed by atoms with Crippen molar-refractivity contribution < 1.29 is 19.5 Å². The van der Waals surface area contributed by atoms with Crippen LogP contribution < -0.4 is 5.32 Å². The van der Waals surface area contributed by atoms with Gasteiger partial charge in [0.1, 0.15) is 18.3 Å². The minimum absolute atomic E-state index is 0.00181. The summed E-state index contributed by atoms with van der Waals surface area (Å²) in [7, 11) is 0. The first-order valence-corrected chi connectivity index (χ1v) is 4.42. The Morgan fingerprint density at radius 3 is 2.00 bits per heavy atom. The Kier molecular flexibility index (Phi) is 11.3. The minimum atomic E-state index is -0.395. The summed E-state index contributed by atoms with van der Waals surface area (Å²) in [6, 6.07) is 0. The van der Waals surface area contributed by atoms with Gasteiger partial charge in [-0.2, -0.15) is 0 Å². The largest absolute Gasteiger partial charge is 0.376 e. The third-order valence-electron chi connectivity index (χ3n) is 0.928. The van der Waals surface area contributed by atoms with E-state index in [1.807, 2.05) is 0 Å². The quantitative estimate of drug-likeness (QED) is 0.517. The maximum Gasteiger partial charge on any atom is 0.245 e. The van der Waals surface area contributed by atoms with Crippen molar-refractivity contribution in [3.8, 4) is 0 Å². The molecule has 0 fully saturated rings. The zero-order valence-corrected chi connectivity index (χ0v) is 9.24. The number of hydrogen-bond acceptors (Lipinski definition) is 4. The van der Waals surface area contributed by atoms with Gasteiger partial charge >= 0.3 is 0 Å². The Bertz CT molecular complexity index is 242. The lowest BCUT2D eigenvalue weighted by Gasteiger charge is -1.92. The van der Waals surface area contributed by atoms with E-state index < -0.39 is 5.91 Å². The molecule has 0 aliphatic carbocycles. The van der Waals surface area contributed by atoms with E-state index in [1.54, 1.807) is 0 Å². The second-order valence-corrected chi connectivity index (χ2v) is 2.92. The molecule has 0 spiro atoms. The molecule has 0 aromatic heterocycles. The molecule has 0 saturated heterocycles. The van der Waals surface area contributed by atoms with Crippen LogP contribution in [0, 0.1) is 0 Å². The van der Waals surface area contributed by atoms with Crippen LogP contribution >= 0.6 is 0 Å². The number of rotatable bonds is 4. The number of nitrogens with one attached hydrogen (secondary N) is 1. The molecule has 0 unspecified atom stereocenters. The first-order valence-electron chi connectivity index (χ1n) is 4.42. The zero-order valence-electron chi connectivity index (χ0n) is 9.24. The second-order valence-electron chi connectivity index (χ2n) is 2.92. The molecule has 15 heavy (non-hydrogen) atoms. The first-order chi connectivity index (χ1) is 6.90. The van der Waals surface area contributed by atoms with Crippen LogP contribution in [-0.4, -0.2) is 29.3 Å². The van der Waals surface area contributed by atoms with Crippen LogP contribution in [0.2, 0.25) is 0 Å². The van der Waals surface area contributed by atoms with E-state index in [2.05, 4.69) is 5.32 Å². The van der Waals surface area contributed by atoms with Crippen molar-refractivity contribution in [3.05, 3.63) is 12.2 Å². The lowest BCUT2D eigenvalue weighted by atomic mass is 10.3. The molecule has 0 atom stereocenters. The molecule has 0 aromatic rings. The highest BCUT2D eigenvalue weighted by molar-refractivity contribution is 5.88. The molecule has 1 amide bonds. The number of hydrogen-bond donors (Lipinski definition) is 2. The van der Waals surface area contributed by atoms with Crippen molar-refractivity contribution >= 4 is 17.5 Å². The summed E-state index contributed by atoms with van der Waals surface area (Å²) in [5, 5.41) is 10.4. The number of ketones is 2. The second kappa shape index (κ2) is 10.6. The summed E-state index contributed by atoms with van der Waals surface area (Å²) in [4.78, 5) is 30.4. The van der Waals surface area contributed by atoms with E-state index in [1.165, 1.54) is 32.9 Å². The summed E-state index contributed by atoms with van der Waals surface area (Å²) >= 11 is 0. The summed E-state index contributed by atoms with van der Waals surface area (Å²) in [5.74, 6) is -0.230. The SMILES string of the molecule is CC(=O)CC=CC(=O)NCO.CC(C)=O.